The topological polar surface area (TPSA) is 46.3 Å². The highest BCUT2D eigenvalue weighted by Gasteiger charge is 2.34. The van der Waals surface area contributed by atoms with Crippen molar-refractivity contribution in [3.63, 3.8) is 0 Å². The molecule has 0 spiro atoms. The average molecular weight is 256 g/mol. The van der Waals surface area contributed by atoms with Crippen molar-refractivity contribution in [3.8, 4) is 0 Å². The predicted molar refractivity (Wildman–Crippen MR) is 74.8 cm³/mol. The Morgan fingerprint density at radius 1 is 1.47 bits per heavy atom. The zero-order valence-corrected chi connectivity index (χ0v) is 12.0. The first-order chi connectivity index (χ1) is 7.90. The van der Waals surface area contributed by atoms with Crippen molar-refractivity contribution in [1.29, 1.82) is 0 Å². The van der Waals surface area contributed by atoms with E-state index in [0.717, 1.165) is 38.8 Å². The second-order valence-corrected chi connectivity index (χ2v) is 5.88. The molecule has 0 aromatic heterocycles. The Hall–Kier alpha value is -0.640. The van der Waals surface area contributed by atoms with Gasteiger partial charge in [0.05, 0.1) is 4.99 Å². The summed E-state index contributed by atoms with van der Waals surface area (Å²) in [6, 6.07) is 0. The molecule has 0 aliphatic carbocycles. The van der Waals surface area contributed by atoms with E-state index >= 15 is 0 Å². The molecule has 1 rings (SSSR count). The number of carbonyl (C=O) groups is 1. The second kappa shape index (κ2) is 5.80. The lowest BCUT2D eigenvalue weighted by Gasteiger charge is -2.39. The van der Waals surface area contributed by atoms with Crippen LogP contribution in [0.2, 0.25) is 0 Å². The van der Waals surface area contributed by atoms with E-state index in [-0.39, 0.29) is 17.2 Å². The molecule has 1 fully saturated rings. The Bertz CT molecular complexity index is 296. The van der Waals surface area contributed by atoms with Gasteiger partial charge in [0.1, 0.15) is 0 Å². The summed E-state index contributed by atoms with van der Waals surface area (Å²) < 4.78 is 0. The molecule has 1 aliphatic rings. The third kappa shape index (κ3) is 3.41. The highest BCUT2D eigenvalue weighted by Crippen LogP contribution is 2.31. The number of likely N-dealkylation sites (tertiary alicyclic amines) is 1. The van der Waals surface area contributed by atoms with Gasteiger partial charge in [0.2, 0.25) is 5.91 Å². The molecule has 3 nitrogen and oxygen atoms in total. The lowest BCUT2D eigenvalue weighted by Crippen LogP contribution is -2.48. The molecule has 0 radical (unpaired) electrons. The van der Waals surface area contributed by atoms with Gasteiger partial charge < -0.3 is 10.6 Å². The zero-order chi connectivity index (χ0) is 13.1. The van der Waals surface area contributed by atoms with E-state index in [2.05, 4.69) is 13.8 Å². The molecule has 1 amide bonds. The van der Waals surface area contributed by atoms with Crippen LogP contribution in [-0.2, 0) is 4.79 Å². The molecule has 0 saturated carbocycles. The number of hydrogen-bond donors (Lipinski definition) is 1. The minimum absolute atomic E-state index is 0.0554. The van der Waals surface area contributed by atoms with Crippen molar-refractivity contribution >= 4 is 23.1 Å². The molecule has 0 aromatic rings. The Morgan fingerprint density at radius 2 is 2.00 bits per heavy atom. The van der Waals surface area contributed by atoms with E-state index in [1.165, 1.54) is 0 Å². The van der Waals surface area contributed by atoms with E-state index < -0.39 is 0 Å². The summed E-state index contributed by atoms with van der Waals surface area (Å²) in [6.07, 6.45) is 3.83. The number of rotatable bonds is 4. The number of hydrogen-bond acceptors (Lipinski definition) is 2. The number of amides is 1. The maximum atomic E-state index is 12.1. The lowest BCUT2D eigenvalue weighted by atomic mass is 9.80. The molecule has 4 heteroatoms. The SMILES string of the molecule is CCCC(C)C(=O)N1CCC(C)(C(N)=S)CC1. The van der Waals surface area contributed by atoms with Crippen LogP contribution in [0.3, 0.4) is 0 Å². The molecular formula is C13H24N2OS. The summed E-state index contributed by atoms with van der Waals surface area (Å²) in [5.74, 6) is 0.436. The summed E-state index contributed by atoms with van der Waals surface area (Å²) in [4.78, 5) is 14.7. The fourth-order valence-electron chi connectivity index (χ4n) is 2.34. The normalized spacial score (nSPS) is 21.0. The highest BCUT2D eigenvalue weighted by molar-refractivity contribution is 7.80. The van der Waals surface area contributed by atoms with Crippen molar-refractivity contribution in [2.45, 2.75) is 46.5 Å². The van der Waals surface area contributed by atoms with E-state index in [4.69, 9.17) is 18.0 Å². The first-order valence-electron chi connectivity index (χ1n) is 6.49. The average Bonchev–Trinajstić information content (AvgIpc) is 2.29. The van der Waals surface area contributed by atoms with Crippen LogP contribution >= 0.6 is 12.2 Å². The number of piperidine rings is 1. The van der Waals surface area contributed by atoms with Crippen LogP contribution in [0.4, 0.5) is 0 Å². The molecule has 98 valence electrons. The van der Waals surface area contributed by atoms with Crippen LogP contribution in [0.25, 0.3) is 0 Å². The number of nitrogens with two attached hydrogens (primary N) is 1. The standard InChI is InChI=1S/C13H24N2OS/c1-4-5-10(2)11(16)15-8-6-13(3,7-9-15)12(14)17/h10H,4-9H2,1-3H3,(H2,14,17). The number of nitrogens with zero attached hydrogens (tertiary/aromatic N) is 1. The molecule has 1 atom stereocenters. The van der Waals surface area contributed by atoms with Crippen LogP contribution in [-0.4, -0.2) is 28.9 Å². The summed E-state index contributed by atoms with van der Waals surface area (Å²) in [5.41, 5.74) is 5.70. The van der Waals surface area contributed by atoms with E-state index in [1.807, 2.05) is 11.8 Å². The van der Waals surface area contributed by atoms with E-state index in [0.29, 0.717) is 4.99 Å². The molecule has 1 aliphatic heterocycles. The Morgan fingerprint density at radius 3 is 2.41 bits per heavy atom. The summed E-state index contributed by atoms with van der Waals surface area (Å²) >= 11 is 5.10. The molecule has 0 bridgehead atoms. The van der Waals surface area contributed by atoms with Gasteiger partial charge in [0, 0.05) is 24.4 Å². The van der Waals surface area contributed by atoms with Crippen molar-refractivity contribution in [3.05, 3.63) is 0 Å². The Labute approximate surface area is 110 Å². The monoisotopic (exact) mass is 256 g/mol. The highest BCUT2D eigenvalue weighted by atomic mass is 32.1. The predicted octanol–water partition coefficient (Wildman–Crippen LogP) is 2.34. The number of thiocarbonyl (C=S) groups is 1. The van der Waals surface area contributed by atoms with E-state index in [1.54, 1.807) is 0 Å². The van der Waals surface area contributed by atoms with Crippen molar-refractivity contribution in [2.24, 2.45) is 17.1 Å². The zero-order valence-electron chi connectivity index (χ0n) is 11.2. The van der Waals surface area contributed by atoms with Crippen molar-refractivity contribution in [2.75, 3.05) is 13.1 Å². The maximum Gasteiger partial charge on any atom is 0.225 e. The first-order valence-corrected chi connectivity index (χ1v) is 6.90. The van der Waals surface area contributed by atoms with Crippen LogP contribution in [0.5, 0.6) is 0 Å². The second-order valence-electron chi connectivity index (χ2n) is 5.44. The smallest absolute Gasteiger partial charge is 0.225 e. The summed E-state index contributed by atoms with van der Waals surface area (Å²) in [7, 11) is 0. The largest absolute Gasteiger partial charge is 0.393 e. The molecule has 1 saturated heterocycles. The quantitative estimate of drug-likeness (QED) is 0.785. The summed E-state index contributed by atoms with van der Waals surface area (Å²) in [6.45, 7) is 7.82. The van der Waals surface area contributed by atoms with Crippen LogP contribution in [0.15, 0.2) is 0 Å². The van der Waals surface area contributed by atoms with Crippen LogP contribution < -0.4 is 5.73 Å². The lowest BCUT2D eigenvalue weighted by molar-refractivity contribution is -0.136. The Balaban J connectivity index is 2.52. The van der Waals surface area contributed by atoms with Gasteiger partial charge in [0.15, 0.2) is 0 Å². The third-order valence-corrected chi connectivity index (χ3v) is 4.41. The van der Waals surface area contributed by atoms with Gasteiger partial charge in [-0.1, -0.05) is 39.4 Å². The van der Waals surface area contributed by atoms with Gasteiger partial charge >= 0.3 is 0 Å². The minimum atomic E-state index is -0.0554. The van der Waals surface area contributed by atoms with Gasteiger partial charge in [-0.15, -0.1) is 0 Å². The fraction of sp³-hybridized carbons (Fsp3) is 0.846. The molecule has 1 unspecified atom stereocenters. The maximum absolute atomic E-state index is 12.1. The molecule has 0 aromatic carbocycles. The molecular weight excluding hydrogens is 232 g/mol. The molecule has 1 heterocycles. The van der Waals surface area contributed by atoms with Crippen molar-refractivity contribution in [1.82, 2.24) is 4.90 Å². The Kier molecular flexibility index (Phi) is 4.92. The molecule has 2 N–H and O–H groups in total. The van der Waals surface area contributed by atoms with Crippen LogP contribution in [0, 0.1) is 11.3 Å². The first kappa shape index (κ1) is 14.4. The van der Waals surface area contributed by atoms with Crippen molar-refractivity contribution < 1.29 is 4.79 Å². The van der Waals surface area contributed by atoms with Crippen LogP contribution in [0.1, 0.15) is 46.5 Å². The summed E-state index contributed by atoms with van der Waals surface area (Å²) in [5, 5.41) is 0. The van der Waals surface area contributed by atoms with Gasteiger partial charge in [-0.25, -0.2) is 0 Å². The van der Waals surface area contributed by atoms with Gasteiger partial charge in [-0.3, -0.25) is 4.79 Å². The van der Waals surface area contributed by atoms with E-state index in [9.17, 15) is 4.79 Å². The van der Waals surface area contributed by atoms with Gasteiger partial charge in [-0.05, 0) is 19.3 Å². The fourth-order valence-corrected chi connectivity index (χ4v) is 2.54. The van der Waals surface area contributed by atoms with Gasteiger partial charge in [-0.2, -0.15) is 0 Å². The van der Waals surface area contributed by atoms with Gasteiger partial charge in [0.25, 0.3) is 0 Å². The minimum Gasteiger partial charge on any atom is -0.393 e. The third-order valence-electron chi connectivity index (χ3n) is 3.92. The molecule has 17 heavy (non-hydrogen) atoms. The number of carbonyl (C=O) groups excluding carboxylic acids is 1.